The number of unbranched alkanes of at least 4 members (excludes halogenated alkanes) is 3. The van der Waals surface area contributed by atoms with Crippen molar-refractivity contribution in [2.75, 3.05) is 13.2 Å². The molecule has 6 heteroatoms. The summed E-state index contributed by atoms with van der Waals surface area (Å²) in [5.74, 6) is 0.411. The van der Waals surface area contributed by atoms with Crippen molar-refractivity contribution in [2.45, 2.75) is 32.1 Å². The van der Waals surface area contributed by atoms with Gasteiger partial charge in [-0.2, -0.15) is 5.26 Å². The van der Waals surface area contributed by atoms with E-state index in [0.717, 1.165) is 43.1 Å². The van der Waals surface area contributed by atoms with Crippen LogP contribution in [0.3, 0.4) is 0 Å². The molecule has 0 heterocycles. The number of nitrogens with zero attached hydrogens (tertiary/aromatic N) is 1. The monoisotopic (exact) mass is 407 g/mol. The standard InChI is InChI=1S/C24H25NO5/c1-2-23(26)29-16-6-4-3-5-15-28-21-11-7-19(8-12-21)17-24(27)30-22-13-9-20(18-25)10-14-22/h2,7-14H,1,3-6,15-17H2. The van der Waals surface area contributed by atoms with Gasteiger partial charge in [0.05, 0.1) is 31.3 Å². The van der Waals surface area contributed by atoms with Crippen LogP contribution < -0.4 is 9.47 Å². The molecule has 0 spiro atoms. The average Bonchev–Trinajstić information content (AvgIpc) is 2.77. The molecule has 2 rings (SSSR count). The molecule has 2 aromatic rings. The quantitative estimate of drug-likeness (QED) is 0.225. The van der Waals surface area contributed by atoms with Gasteiger partial charge in [-0.15, -0.1) is 0 Å². The normalized spacial score (nSPS) is 9.97. The first kappa shape index (κ1) is 22.7. The molecule has 6 nitrogen and oxygen atoms in total. The van der Waals surface area contributed by atoms with E-state index in [4.69, 9.17) is 19.5 Å². The Bertz CT molecular complexity index is 866. The number of hydrogen-bond acceptors (Lipinski definition) is 6. The molecule has 0 unspecified atom stereocenters. The second kappa shape index (κ2) is 12.8. The lowest BCUT2D eigenvalue weighted by atomic mass is 10.1. The number of rotatable bonds is 12. The summed E-state index contributed by atoms with van der Waals surface area (Å²) < 4.78 is 15.9. The first-order valence-electron chi connectivity index (χ1n) is 9.82. The fourth-order valence-corrected chi connectivity index (χ4v) is 2.61. The molecule has 0 saturated carbocycles. The van der Waals surface area contributed by atoms with E-state index in [0.29, 0.717) is 24.5 Å². The summed E-state index contributed by atoms with van der Waals surface area (Å²) in [6.07, 6.45) is 5.01. The smallest absolute Gasteiger partial charge is 0.330 e. The Kier molecular flexibility index (Phi) is 9.67. The van der Waals surface area contributed by atoms with Gasteiger partial charge in [-0.3, -0.25) is 4.79 Å². The first-order chi connectivity index (χ1) is 14.6. The van der Waals surface area contributed by atoms with Crippen LogP contribution in [-0.4, -0.2) is 25.2 Å². The van der Waals surface area contributed by atoms with Gasteiger partial charge in [-0.25, -0.2) is 4.79 Å². The van der Waals surface area contributed by atoms with Gasteiger partial charge in [0.1, 0.15) is 11.5 Å². The van der Waals surface area contributed by atoms with Crippen molar-refractivity contribution in [3.8, 4) is 17.6 Å². The predicted molar refractivity (Wildman–Crippen MR) is 112 cm³/mol. The Labute approximate surface area is 176 Å². The molecule has 0 saturated heterocycles. The lowest BCUT2D eigenvalue weighted by Gasteiger charge is -2.08. The van der Waals surface area contributed by atoms with E-state index in [1.165, 1.54) is 0 Å². The summed E-state index contributed by atoms with van der Waals surface area (Å²) in [7, 11) is 0. The van der Waals surface area contributed by atoms with Crippen molar-refractivity contribution in [3.05, 3.63) is 72.3 Å². The molecule has 0 fully saturated rings. The molecule has 30 heavy (non-hydrogen) atoms. The van der Waals surface area contributed by atoms with Crippen LogP contribution >= 0.6 is 0 Å². The minimum Gasteiger partial charge on any atom is -0.494 e. The van der Waals surface area contributed by atoms with Crippen LogP contribution in [0.5, 0.6) is 11.5 Å². The Balaban J connectivity index is 1.62. The number of carbonyl (C=O) groups is 2. The maximum Gasteiger partial charge on any atom is 0.330 e. The van der Waals surface area contributed by atoms with E-state index in [9.17, 15) is 9.59 Å². The number of benzene rings is 2. The van der Waals surface area contributed by atoms with Gasteiger partial charge in [0, 0.05) is 6.08 Å². The van der Waals surface area contributed by atoms with Crippen LogP contribution in [0.1, 0.15) is 36.8 Å². The summed E-state index contributed by atoms with van der Waals surface area (Å²) in [4.78, 5) is 22.9. The van der Waals surface area contributed by atoms with Gasteiger partial charge in [-0.1, -0.05) is 18.7 Å². The highest BCUT2D eigenvalue weighted by Crippen LogP contribution is 2.16. The largest absolute Gasteiger partial charge is 0.494 e. The number of ether oxygens (including phenoxy) is 3. The minimum atomic E-state index is -0.385. The number of carbonyl (C=O) groups excluding carboxylic acids is 2. The third kappa shape index (κ3) is 8.61. The Morgan fingerprint density at radius 3 is 2.17 bits per heavy atom. The molecule has 0 atom stereocenters. The van der Waals surface area contributed by atoms with Crippen LogP contribution in [0.25, 0.3) is 0 Å². The zero-order valence-electron chi connectivity index (χ0n) is 16.8. The van der Waals surface area contributed by atoms with E-state index in [1.807, 2.05) is 30.3 Å². The molecular formula is C24H25NO5. The maximum absolute atomic E-state index is 12.0. The van der Waals surface area contributed by atoms with Crippen molar-refractivity contribution >= 4 is 11.9 Å². The molecular weight excluding hydrogens is 382 g/mol. The van der Waals surface area contributed by atoms with E-state index in [-0.39, 0.29) is 18.4 Å². The van der Waals surface area contributed by atoms with Crippen molar-refractivity contribution in [1.82, 2.24) is 0 Å². The van der Waals surface area contributed by atoms with Crippen molar-refractivity contribution in [3.63, 3.8) is 0 Å². The van der Waals surface area contributed by atoms with E-state index in [2.05, 4.69) is 6.58 Å². The molecule has 0 N–H and O–H groups in total. The number of hydrogen-bond donors (Lipinski definition) is 0. The van der Waals surface area contributed by atoms with Crippen LogP contribution in [0.15, 0.2) is 61.2 Å². The van der Waals surface area contributed by atoms with Gasteiger partial charge >= 0.3 is 11.9 Å². The summed E-state index contributed by atoms with van der Waals surface area (Å²) >= 11 is 0. The minimum absolute atomic E-state index is 0.150. The lowest BCUT2D eigenvalue weighted by molar-refractivity contribution is -0.138. The molecule has 0 aliphatic carbocycles. The molecule has 0 aliphatic rings. The Hall–Kier alpha value is -3.59. The van der Waals surface area contributed by atoms with Crippen LogP contribution in [0.4, 0.5) is 0 Å². The third-order valence-corrected chi connectivity index (χ3v) is 4.21. The fraction of sp³-hybridized carbons (Fsp3) is 0.292. The molecule has 0 radical (unpaired) electrons. The van der Waals surface area contributed by atoms with E-state index >= 15 is 0 Å². The van der Waals surface area contributed by atoms with Gasteiger partial charge in [0.2, 0.25) is 0 Å². The maximum atomic E-state index is 12.0. The van der Waals surface area contributed by atoms with Crippen molar-refractivity contribution in [1.29, 1.82) is 5.26 Å². The molecule has 0 amide bonds. The zero-order valence-corrected chi connectivity index (χ0v) is 16.8. The highest BCUT2D eigenvalue weighted by molar-refractivity contribution is 5.81. The van der Waals surface area contributed by atoms with Gasteiger partial charge in [0.15, 0.2) is 0 Å². The van der Waals surface area contributed by atoms with Crippen LogP contribution in [0, 0.1) is 11.3 Å². The van der Waals surface area contributed by atoms with E-state index in [1.54, 1.807) is 24.3 Å². The van der Waals surface area contributed by atoms with Crippen LogP contribution in [0.2, 0.25) is 0 Å². The summed E-state index contributed by atoms with van der Waals surface area (Å²) in [6.45, 7) is 4.37. The predicted octanol–water partition coefficient (Wildman–Crippen LogP) is 4.37. The van der Waals surface area contributed by atoms with Crippen molar-refractivity contribution < 1.29 is 23.8 Å². The highest BCUT2D eigenvalue weighted by Gasteiger charge is 2.07. The second-order valence-electron chi connectivity index (χ2n) is 6.57. The average molecular weight is 407 g/mol. The van der Waals surface area contributed by atoms with Gasteiger partial charge < -0.3 is 14.2 Å². The molecule has 2 aromatic carbocycles. The van der Waals surface area contributed by atoms with Gasteiger partial charge in [-0.05, 0) is 67.6 Å². The fourth-order valence-electron chi connectivity index (χ4n) is 2.61. The second-order valence-corrected chi connectivity index (χ2v) is 6.57. The highest BCUT2D eigenvalue weighted by atomic mass is 16.5. The molecule has 0 aromatic heterocycles. The Morgan fingerprint density at radius 1 is 0.900 bits per heavy atom. The molecule has 0 aliphatic heterocycles. The molecule has 156 valence electrons. The number of nitriles is 1. The summed E-state index contributed by atoms with van der Waals surface area (Å²) in [6, 6.07) is 15.8. The Morgan fingerprint density at radius 2 is 1.53 bits per heavy atom. The van der Waals surface area contributed by atoms with Crippen LogP contribution in [-0.2, 0) is 20.7 Å². The zero-order chi connectivity index (χ0) is 21.6. The van der Waals surface area contributed by atoms with Crippen molar-refractivity contribution in [2.24, 2.45) is 0 Å². The summed E-state index contributed by atoms with van der Waals surface area (Å²) in [5.41, 5.74) is 1.34. The number of esters is 2. The van der Waals surface area contributed by atoms with E-state index < -0.39 is 0 Å². The lowest BCUT2D eigenvalue weighted by Crippen LogP contribution is -2.11. The van der Waals surface area contributed by atoms with Gasteiger partial charge in [0.25, 0.3) is 0 Å². The first-order valence-corrected chi connectivity index (χ1v) is 9.82. The summed E-state index contributed by atoms with van der Waals surface area (Å²) in [5, 5.41) is 8.78. The molecule has 0 bridgehead atoms. The SMILES string of the molecule is C=CC(=O)OCCCCCCOc1ccc(CC(=O)Oc2ccc(C#N)cc2)cc1. The topological polar surface area (TPSA) is 85.6 Å². The third-order valence-electron chi connectivity index (χ3n) is 4.21.